The molecular weight excluding hydrogens is 426 g/mol. The van der Waals surface area contributed by atoms with E-state index >= 15 is 0 Å². The molecule has 0 aliphatic heterocycles. The molecule has 0 fully saturated rings. The number of anilines is 2. The summed E-state index contributed by atoms with van der Waals surface area (Å²) < 4.78 is 7.15. The molecule has 1 atom stereocenters. The Morgan fingerprint density at radius 2 is 1.88 bits per heavy atom. The second kappa shape index (κ2) is 10.6. The van der Waals surface area contributed by atoms with Crippen LogP contribution in [0.4, 0.5) is 11.4 Å². The SMILES string of the molecule is C=CCn1c(C)nnc1SC(C)C(=O)Nc1ccc(C(=O)Nc2ccccc2OC)cc1. The number of benzene rings is 2. The standard InChI is InChI=1S/C23H25N5O3S/c1-5-14-28-16(3)26-27-23(28)32-15(2)21(29)24-18-12-10-17(11-13-18)22(30)25-19-8-6-7-9-20(19)31-4/h5-13,15H,1,14H2,2-4H3,(H,24,29)(H,25,30). The quantitative estimate of drug-likeness (QED) is 0.375. The van der Waals surface area contributed by atoms with Gasteiger partial charge in [-0.25, -0.2) is 0 Å². The number of ether oxygens (including phenoxy) is 1. The molecule has 2 aromatic carbocycles. The number of hydrogen-bond acceptors (Lipinski definition) is 6. The number of nitrogens with one attached hydrogen (secondary N) is 2. The Morgan fingerprint density at radius 1 is 1.16 bits per heavy atom. The summed E-state index contributed by atoms with van der Waals surface area (Å²) in [6.45, 7) is 7.98. The van der Waals surface area contributed by atoms with Gasteiger partial charge in [-0.3, -0.25) is 9.59 Å². The molecule has 0 spiro atoms. The van der Waals surface area contributed by atoms with E-state index in [1.807, 2.05) is 23.6 Å². The van der Waals surface area contributed by atoms with Crippen molar-refractivity contribution in [1.29, 1.82) is 0 Å². The Kier molecular flexibility index (Phi) is 7.67. The fraction of sp³-hybridized carbons (Fsp3) is 0.217. The first-order valence-corrected chi connectivity index (χ1v) is 10.8. The van der Waals surface area contributed by atoms with Gasteiger partial charge in [0.15, 0.2) is 5.16 Å². The largest absolute Gasteiger partial charge is 0.495 e. The van der Waals surface area contributed by atoms with E-state index in [0.29, 0.717) is 34.4 Å². The van der Waals surface area contributed by atoms with Crippen molar-refractivity contribution in [1.82, 2.24) is 14.8 Å². The number of aryl methyl sites for hydroxylation is 1. The monoisotopic (exact) mass is 451 g/mol. The van der Waals surface area contributed by atoms with E-state index < -0.39 is 5.25 Å². The summed E-state index contributed by atoms with van der Waals surface area (Å²) in [5, 5.41) is 14.2. The van der Waals surface area contributed by atoms with Crippen LogP contribution in [-0.4, -0.2) is 38.9 Å². The van der Waals surface area contributed by atoms with Crippen molar-refractivity contribution in [2.75, 3.05) is 17.7 Å². The average Bonchev–Trinajstić information content (AvgIpc) is 3.14. The van der Waals surface area contributed by atoms with Crippen LogP contribution in [0.1, 0.15) is 23.1 Å². The Bertz CT molecular complexity index is 1110. The van der Waals surface area contributed by atoms with E-state index in [9.17, 15) is 9.59 Å². The topological polar surface area (TPSA) is 98.1 Å². The third kappa shape index (κ3) is 5.55. The summed E-state index contributed by atoms with van der Waals surface area (Å²) in [5.41, 5.74) is 1.65. The Hall–Kier alpha value is -3.59. The molecule has 1 unspecified atom stereocenters. The number of allylic oxidation sites excluding steroid dienone is 1. The second-order valence-corrected chi connectivity index (χ2v) is 8.22. The second-order valence-electron chi connectivity index (χ2n) is 6.91. The number of methoxy groups -OCH3 is 1. The predicted molar refractivity (Wildman–Crippen MR) is 126 cm³/mol. The number of rotatable bonds is 9. The molecule has 0 bridgehead atoms. The molecule has 8 nitrogen and oxygen atoms in total. The molecule has 1 aromatic heterocycles. The molecule has 3 aromatic rings. The highest BCUT2D eigenvalue weighted by molar-refractivity contribution is 8.00. The van der Waals surface area contributed by atoms with Crippen LogP contribution in [0.3, 0.4) is 0 Å². The van der Waals surface area contributed by atoms with Crippen LogP contribution in [0.5, 0.6) is 5.75 Å². The molecule has 2 N–H and O–H groups in total. The Labute approximate surface area is 191 Å². The Balaban J connectivity index is 1.60. The van der Waals surface area contributed by atoms with Crippen molar-refractivity contribution in [2.45, 2.75) is 30.8 Å². The predicted octanol–water partition coefficient (Wildman–Crippen LogP) is 4.15. The van der Waals surface area contributed by atoms with Crippen molar-refractivity contribution >= 4 is 35.0 Å². The summed E-state index contributed by atoms with van der Waals surface area (Å²) in [5.74, 6) is 0.901. The third-order valence-corrected chi connectivity index (χ3v) is 5.72. The first-order chi connectivity index (χ1) is 15.4. The van der Waals surface area contributed by atoms with Crippen molar-refractivity contribution in [2.24, 2.45) is 0 Å². The van der Waals surface area contributed by atoms with Crippen LogP contribution in [0.15, 0.2) is 66.3 Å². The van der Waals surface area contributed by atoms with Crippen molar-refractivity contribution in [3.63, 3.8) is 0 Å². The number of para-hydroxylation sites is 2. The molecule has 9 heteroatoms. The summed E-state index contributed by atoms with van der Waals surface area (Å²) >= 11 is 1.32. The van der Waals surface area contributed by atoms with Crippen molar-refractivity contribution in [3.05, 3.63) is 72.6 Å². The minimum absolute atomic E-state index is 0.174. The lowest BCUT2D eigenvalue weighted by Crippen LogP contribution is -2.23. The van der Waals surface area contributed by atoms with Crippen LogP contribution in [-0.2, 0) is 11.3 Å². The molecular formula is C23H25N5O3S. The van der Waals surface area contributed by atoms with Crippen molar-refractivity contribution < 1.29 is 14.3 Å². The average molecular weight is 452 g/mol. The highest BCUT2D eigenvalue weighted by atomic mass is 32.2. The van der Waals surface area contributed by atoms with Gasteiger partial charge in [-0.05, 0) is 50.2 Å². The maximum atomic E-state index is 12.6. The number of carbonyl (C=O) groups excluding carboxylic acids is 2. The zero-order valence-corrected chi connectivity index (χ0v) is 19.0. The van der Waals surface area contributed by atoms with E-state index in [2.05, 4.69) is 27.4 Å². The van der Waals surface area contributed by atoms with Gasteiger partial charge in [0.2, 0.25) is 5.91 Å². The molecule has 2 amide bonds. The highest BCUT2D eigenvalue weighted by Crippen LogP contribution is 2.25. The van der Waals surface area contributed by atoms with Gasteiger partial charge in [-0.1, -0.05) is 30.0 Å². The van der Waals surface area contributed by atoms with Gasteiger partial charge in [0.05, 0.1) is 18.0 Å². The maximum absolute atomic E-state index is 12.6. The molecule has 0 saturated carbocycles. The van der Waals surface area contributed by atoms with Gasteiger partial charge in [-0.15, -0.1) is 16.8 Å². The summed E-state index contributed by atoms with van der Waals surface area (Å²) in [6.07, 6.45) is 1.76. The number of carbonyl (C=O) groups is 2. The van der Waals surface area contributed by atoms with Gasteiger partial charge in [-0.2, -0.15) is 0 Å². The summed E-state index contributed by atoms with van der Waals surface area (Å²) in [7, 11) is 1.55. The van der Waals surface area contributed by atoms with Crippen LogP contribution in [0, 0.1) is 6.92 Å². The highest BCUT2D eigenvalue weighted by Gasteiger charge is 2.19. The fourth-order valence-corrected chi connectivity index (χ4v) is 3.79. The lowest BCUT2D eigenvalue weighted by Gasteiger charge is -2.13. The van der Waals surface area contributed by atoms with Gasteiger partial charge in [0.25, 0.3) is 5.91 Å². The van der Waals surface area contributed by atoms with E-state index in [4.69, 9.17) is 4.74 Å². The Morgan fingerprint density at radius 3 is 2.56 bits per heavy atom. The maximum Gasteiger partial charge on any atom is 0.255 e. The molecule has 0 aliphatic carbocycles. The minimum Gasteiger partial charge on any atom is -0.495 e. The molecule has 0 aliphatic rings. The van der Waals surface area contributed by atoms with Crippen LogP contribution in [0.25, 0.3) is 0 Å². The van der Waals surface area contributed by atoms with Gasteiger partial charge in [0, 0.05) is 17.8 Å². The van der Waals surface area contributed by atoms with E-state index in [1.54, 1.807) is 56.5 Å². The smallest absolute Gasteiger partial charge is 0.255 e. The first kappa shape index (κ1) is 23.1. The molecule has 32 heavy (non-hydrogen) atoms. The van der Waals surface area contributed by atoms with Crippen LogP contribution in [0.2, 0.25) is 0 Å². The fourth-order valence-electron chi connectivity index (χ4n) is 2.89. The molecule has 0 radical (unpaired) electrons. The number of thioether (sulfide) groups is 1. The lowest BCUT2D eigenvalue weighted by molar-refractivity contribution is -0.115. The van der Waals surface area contributed by atoms with Crippen LogP contribution < -0.4 is 15.4 Å². The molecule has 0 saturated heterocycles. The number of hydrogen-bond donors (Lipinski definition) is 2. The van der Waals surface area contributed by atoms with Gasteiger partial charge in [0.1, 0.15) is 11.6 Å². The summed E-state index contributed by atoms with van der Waals surface area (Å²) in [6, 6.07) is 13.9. The number of aromatic nitrogens is 3. The summed E-state index contributed by atoms with van der Waals surface area (Å²) in [4.78, 5) is 25.2. The van der Waals surface area contributed by atoms with E-state index in [-0.39, 0.29) is 11.8 Å². The normalized spacial score (nSPS) is 11.5. The molecule has 166 valence electrons. The van der Waals surface area contributed by atoms with E-state index in [0.717, 1.165) is 5.82 Å². The first-order valence-electron chi connectivity index (χ1n) is 9.95. The molecule has 1 heterocycles. The van der Waals surface area contributed by atoms with Gasteiger partial charge < -0.3 is 19.9 Å². The third-order valence-electron chi connectivity index (χ3n) is 4.63. The molecule has 3 rings (SSSR count). The van der Waals surface area contributed by atoms with Crippen molar-refractivity contribution in [3.8, 4) is 5.75 Å². The number of amides is 2. The minimum atomic E-state index is -0.393. The zero-order valence-electron chi connectivity index (χ0n) is 18.2. The van der Waals surface area contributed by atoms with E-state index in [1.165, 1.54) is 11.8 Å². The van der Waals surface area contributed by atoms with Crippen LogP contribution >= 0.6 is 11.8 Å². The lowest BCUT2D eigenvalue weighted by atomic mass is 10.2. The number of nitrogens with zero attached hydrogens (tertiary/aromatic N) is 3. The zero-order chi connectivity index (χ0) is 23.1. The van der Waals surface area contributed by atoms with Gasteiger partial charge >= 0.3 is 0 Å².